The van der Waals surface area contributed by atoms with E-state index in [0.717, 1.165) is 16.5 Å². The van der Waals surface area contributed by atoms with E-state index in [2.05, 4.69) is 0 Å². The number of cyclic esters (lactones) is 1. The zero-order chi connectivity index (χ0) is 22.8. The number of carbonyl (C=O) groups excluding carboxylic acids is 2. The van der Waals surface area contributed by atoms with E-state index in [9.17, 15) is 19.5 Å². The number of benzene rings is 1. The highest BCUT2D eigenvalue weighted by Gasteiger charge is 2.45. The lowest BCUT2D eigenvalue weighted by Crippen LogP contribution is -2.44. The van der Waals surface area contributed by atoms with Crippen LogP contribution in [0.1, 0.15) is 42.0 Å². The molecule has 2 aliphatic heterocycles. The van der Waals surface area contributed by atoms with Crippen LogP contribution in [-0.2, 0) is 39.5 Å². The van der Waals surface area contributed by atoms with Crippen LogP contribution in [0.3, 0.4) is 0 Å². The molecule has 1 amide bonds. The topological polar surface area (TPSA) is 151 Å². The van der Waals surface area contributed by atoms with Crippen LogP contribution in [0, 0.1) is 0 Å². The molecule has 5 N–H and O–H groups in total. The molecule has 0 saturated carbocycles. The molecule has 9 nitrogen and oxygen atoms in total. The normalized spacial score (nSPS) is 18.8. The number of nitrogens with two attached hydrogens (primary N) is 2. The number of pyridine rings is 2. The molecule has 0 bridgehead atoms. The van der Waals surface area contributed by atoms with Gasteiger partial charge in [0.2, 0.25) is 5.91 Å². The fraction of sp³-hybridized carbons (Fsp3) is 0.304. The zero-order valence-electron chi connectivity index (χ0n) is 17.5. The molecule has 164 valence electrons. The summed E-state index contributed by atoms with van der Waals surface area (Å²) in [6.07, 6.45) is 0.641. The Labute approximate surface area is 182 Å². The van der Waals surface area contributed by atoms with Gasteiger partial charge in [-0.05, 0) is 42.7 Å². The van der Waals surface area contributed by atoms with Crippen molar-refractivity contribution in [1.29, 1.82) is 0 Å². The number of aliphatic hydroxyl groups is 1. The Bertz CT molecular complexity index is 1390. The van der Waals surface area contributed by atoms with Gasteiger partial charge in [0.05, 0.1) is 29.0 Å². The van der Waals surface area contributed by atoms with Crippen LogP contribution < -0.4 is 17.0 Å². The first-order valence-corrected chi connectivity index (χ1v) is 10.4. The maximum Gasteiger partial charge on any atom is 0.343 e. The van der Waals surface area contributed by atoms with Crippen LogP contribution in [0.15, 0.2) is 29.1 Å². The Balaban J connectivity index is 1.71. The Hall–Kier alpha value is -3.72. The molecule has 0 aliphatic carbocycles. The van der Waals surface area contributed by atoms with Gasteiger partial charge in [-0.1, -0.05) is 6.92 Å². The summed E-state index contributed by atoms with van der Waals surface area (Å²) in [6, 6.07) is 7.14. The number of esters is 1. The fourth-order valence-corrected chi connectivity index (χ4v) is 4.66. The second kappa shape index (κ2) is 6.89. The zero-order valence-corrected chi connectivity index (χ0v) is 17.5. The molecule has 1 aromatic carbocycles. The Morgan fingerprint density at radius 3 is 2.81 bits per heavy atom. The van der Waals surface area contributed by atoms with E-state index in [1.165, 1.54) is 0 Å². The lowest BCUT2D eigenvalue weighted by atomic mass is 9.86. The van der Waals surface area contributed by atoms with Gasteiger partial charge in [0.1, 0.15) is 6.61 Å². The number of nitrogens with zero attached hydrogens (tertiary/aromatic N) is 2. The quantitative estimate of drug-likeness (QED) is 0.321. The van der Waals surface area contributed by atoms with Crippen LogP contribution >= 0.6 is 0 Å². The highest BCUT2D eigenvalue weighted by Crippen LogP contribution is 2.39. The van der Waals surface area contributed by atoms with E-state index in [-0.39, 0.29) is 36.1 Å². The summed E-state index contributed by atoms with van der Waals surface area (Å²) in [5, 5.41) is 11.8. The maximum atomic E-state index is 13.2. The van der Waals surface area contributed by atoms with Gasteiger partial charge in [-0.3, -0.25) is 9.59 Å². The number of hydrogen-bond donors (Lipinski definition) is 3. The van der Waals surface area contributed by atoms with Crippen LogP contribution in [0.5, 0.6) is 0 Å². The number of hydrogen-bond acceptors (Lipinski definition) is 7. The Morgan fingerprint density at radius 1 is 1.31 bits per heavy atom. The molecule has 4 heterocycles. The van der Waals surface area contributed by atoms with E-state index in [1.54, 1.807) is 29.7 Å². The molecule has 2 aromatic heterocycles. The second-order valence-corrected chi connectivity index (χ2v) is 8.27. The third-order valence-corrected chi connectivity index (χ3v) is 6.46. The summed E-state index contributed by atoms with van der Waals surface area (Å²) in [7, 11) is 0. The number of ether oxygens (including phenoxy) is 1. The minimum absolute atomic E-state index is 0.0855. The standard InChI is InChI=1S/C23H22N4O5/c1-2-23(31)15-8-18-20-11(9-27(18)21(29)14(15)10-32-22(23)30)7-13-12(3-6-19(25)28)16(24)4-5-17(13)26-20/h4-5,7-8,31H,2-3,6,9-10,24H2,1H3,(H2,25,28). The Morgan fingerprint density at radius 2 is 2.09 bits per heavy atom. The van der Waals surface area contributed by atoms with Gasteiger partial charge in [-0.15, -0.1) is 0 Å². The van der Waals surface area contributed by atoms with Crippen LogP contribution in [0.25, 0.3) is 22.3 Å². The van der Waals surface area contributed by atoms with E-state index in [1.807, 2.05) is 6.07 Å². The predicted molar refractivity (Wildman–Crippen MR) is 116 cm³/mol. The number of amides is 1. The number of fused-ring (bicyclic) bond motifs is 5. The van der Waals surface area contributed by atoms with Crippen molar-refractivity contribution in [3.63, 3.8) is 0 Å². The van der Waals surface area contributed by atoms with E-state index in [4.69, 9.17) is 21.2 Å². The molecule has 1 unspecified atom stereocenters. The number of carbonyl (C=O) groups is 2. The van der Waals surface area contributed by atoms with E-state index < -0.39 is 17.5 Å². The summed E-state index contributed by atoms with van der Waals surface area (Å²) < 4.78 is 6.68. The SMILES string of the molecule is CCC1(O)C(=O)OCc2c1cc1n(c2=O)Cc2cc3c(CCC(N)=O)c(N)ccc3nc2-1. The summed E-state index contributed by atoms with van der Waals surface area (Å²) >= 11 is 0. The third-order valence-electron chi connectivity index (χ3n) is 6.46. The largest absolute Gasteiger partial charge is 0.458 e. The van der Waals surface area contributed by atoms with Gasteiger partial charge in [-0.25, -0.2) is 9.78 Å². The molecule has 0 saturated heterocycles. The van der Waals surface area contributed by atoms with Crippen molar-refractivity contribution in [2.24, 2.45) is 5.73 Å². The van der Waals surface area contributed by atoms with Gasteiger partial charge < -0.3 is 25.9 Å². The van der Waals surface area contributed by atoms with Crippen LogP contribution in [-0.4, -0.2) is 26.5 Å². The van der Waals surface area contributed by atoms with Crippen molar-refractivity contribution >= 4 is 28.5 Å². The minimum atomic E-state index is -1.86. The second-order valence-electron chi connectivity index (χ2n) is 8.27. The molecule has 3 aromatic rings. The van der Waals surface area contributed by atoms with Crippen LogP contribution in [0.2, 0.25) is 0 Å². The average Bonchev–Trinajstić information content (AvgIpc) is 3.12. The lowest BCUT2D eigenvalue weighted by molar-refractivity contribution is -0.172. The fourth-order valence-electron chi connectivity index (χ4n) is 4.66. The number of aryl methyl sites for hydroxylation is 1. The molecule has 1 atom stereocenters. The number of primary amides is 1. The summed E-state index contributed by atoms with van der Waals surface area (Å²) in [5.41, 5.74) is 13.8. The number of anilines is 1. The van der Waals surface area contributed by atoms with Gasteiger partial charge in [-0.2, -0.15) is 0 Å². The van der Waals surface area contributed by atoms with Crippen molar-refractivity contribution in [1.82, 2.24) is 9.55 Å². The van der Waals surface area contributed by atoms with Crippen molar-refractivity contribution in [3.8, 4) is 11.4 Å². The molecular weight excluding hydrogens is 412 g/mol. The van der Waals surface area contributed by atoms with Gasteiger partial charge in [0.25, 0.3) is 5.56 Å². The molecule has 32 heavy (non-hydrogen) atoms. The predicted octanol–water partition coefficient (Wildman–Crippen LogP) is 1.08. The van der Waals surface area contributed by atoms with Crippen LogP contribution in [0.4, 0.5) is 5.69 Å². The summed E-state index contributed by atoms with van der Waals surface area (Å²) in [5.74, 6) is -1.17. The summed E-state index contributed by atoms with van der Waals surface area (Å²) in [6.45, 7) is 1.79. The highest BCUT2D eigenvalue weighted by molar-refractivity contribution is 5.91. The first-order valence-electron chi connectivity index (χ1n) is 10.4. The monoisotopic (exact) mass is 434 g/mol. The number of aromatic nitrogens is 2. The molecule has 2 aliphatic rings. The molecule has 9 heteroatoms. The molecule has 5 rings (SSSR count). The minimum Gasteiger partial charge on any atom is -0.458 e. The van der Waals surface area contributed by atoms with Crippen molar-refractivity contribution in [3.05, 3.63) is 56.9 Å². The molecule has 0 spiro atoms. The first-order chi connectivity index (χ1) is 15.2. The van der Waals surface area contributed by atoms with Crippen molar-refractivity contribution in [2.45, 2.75) is 44.9 Å². The van der Waals surface area contributed by atoms with E-state index >= 15 is 0 Å². The molecular formula is C23H22N4O5. The first kappa shape index (κ1) is 20.2. The van der Waals surface area contributed by atoms with Gasteiger partial charge in [0.15, 0.2) is 5.60 Å². The van der Waals surface area contributed by atoms with Gasteiger partial charge in [0, 0.05) is 28.6 Å². The van der Waals surface area contributed by atoms with Crippen molar-refractivity contribution < 1.29 is 19.4 Å². The summed E-state index contributed by atoms with van der Waals surface area (Å²) in [4.78, 5) is 41.6. The maximum absolute atomic E-state index is 13.2. The number of nitrogen functional groups attached to an aromatic ring is 1. The van der Waals surface area contributed by atoms with E-state index in [0.29, 0.717) is 35.6 Å². The molecule has 0 fully saturated rings. The highest BCUT2D eigenvalue weighted by atomic mass is 16.6. The Kier molecular flexibility index (Phi) is 4.35. The number of rotatable bonds is 4. The third kappa shape index (κ3) is 2.74. The van der Waals surface area contributed by atoms with Crippen molar-refractivity contribution in [2.75, 3.05) is 5.73 Å². The lowest BCUT2D eigenvalue weighted by Gasteiger charge is -2.31. The van der Waals surface area contributed by atoms with Gasteiger partial charge >= 0.3 is 5.97 Å². The smallest absolute Gasteiger partial charge is 0.343 e. The average molecular weight is 434 g/mol. The molecule has 0 radical (unpaired) electrons.